The standard InChI is InChI=1S/C25H25F3N4O2/c1-33-13-11-31(12-14-34-2)23-22-21(18-7-4-3-5-8-18)16-32(24(22)30-17-29-23)20-10-6-9-19(15-20)25(26,27)28/h3-10,15-17H,11-14H2,1-2H3. The zero-order valence-corrected chi connectivity index (χ0v) is 18.9. The van der Waals surface area contributed by atoms with Gasteiger partial charge in [-0.15, -0.1) is 0 Å². The van der Waals surface area contributed by atoms with Crippen molar-refractivity contribution < 1.29 is 22.6 Å². The van der Waals surface area contributed by atoms with E-state index in [4.69, 9.17) is 9.47 Å². The van der Waals surface area contributed by atoms with Crippen LogP contribution in [0.3, 0.4) is 0 Å². The first-order valence-electron chi connectivity index (χ1n) is 10.8. The zero-order chi connectivity index (χ0) is 24.1. The van der Waals surface area contributed by atoms with Crippen molar-refractivity contribution in [1.82, 2.24) is 14.5 Å². The topological polar surface area (TPSA) is 52.4 Å². The fourth-order valence-corrected chi connectivity index (χ4v) is 3.88. The van der Waals surface area contributed by atoms with Gasteiger partial charge in [0.05, 0.1) is 24.2 Å². The summed E-state index contributed by atoms with van der Waals surface area (Å²) in [7, 11) is 3.26. The van der Waals surface area contributed by atoms with Gasteiger partial charge >= 0.3 is 6.18 Å². The van der Waals surface area contributed by atoms with Crippen LogP contribution in [0.5, 0.6) is 0 Å². The Morgan fingerprint density at radius 3 is 2.26 bits per heavy atom. The molecule has 4 rings (SSSR count). The average Bonchev–Trinajstić information content (AvgIpc) is 3.24. The van der Waals surface area contributed by atoms with Crippen molar-refractivity contribution in [2.45, 2.75) is 6.18 Å². The average molecular weight is 470 g/mol. The van der Waals surface area contributed by atoms with Gasteiger partial charge in [0.15, 0.2) is 5.65 Å². The molecule has 0 N–H and O–H groups in total. The monoisotopic (exact) mass is 470 g/mol. The van der Waals surface area contributed by atoms with Gasteiger partial charge in [-0.05, 0) is 23.8 Å². The van der Waals surface area contributed by atoms with Crippen LogP contribution in [0.1, 0.15) is 5.56 Å². The molecular weight excluding hydrogens is 445 g/mol. The Bertz CT molecular complexity index is 1230. The first kappa shape index (κ1) is 23.7. The minimum atomic E-state index is -4.45. The molecule has 34 heavy (non-hydrogen) atoms. The van der Waals surface area contributed by atoms with Crippen molar-refractivity contribution in [3.05, 3.63) is 72.7 Å². The number of rotatable bonds is 9. The quantitative estimate of drug-likeness (QED) is 0.336. The number of alkyl halides is 3. The third-order valence-corrected chi connectivity index (χ3v) is 5.53. The van der Waals surface area contributed by atoms with E-state index in [1.54, 1.807) is 24.9 Å². The zero-order valence-electron chi connectivity index (χ0n) is 18.9. The van der Waals surface area contributed by atoms with Gasteiger partial charge in [0.2, 0.25) is 0 Å². The van der Waals surface area contributed by atoms with Crippen molar-refractivity contribution in [2.24, 2.45) is 0 Å². The number of anilines is 1. The Balaban J connectivity index is 1.95. The van der Waals surface area contributed by atoms with Crippen molar-refractivity contribution in [3.63, 3.8) is 0 Å². The Hall–Kier alpha value is -3.43. The minimum absolute atomic E-state index is 0.368. The molecule has 2 aromatic carbocycles. The molecule has 178 valence electrons. The lowest BCUT2D eigenvalue weighted by atomic mass is 10.1. The molecule has 0 aliphatic carbocycles. The van der Waals surface area contributed by atoms with E-state index in [-0.39, 0.29) is 0 Å². The summed E-state index contributed by atoms with van der Waals surface area (Å²) in [5.41, 5.74) is 1.90. The molecule has 0 amide bonds. The van der Waals surface area contributed by atoms with Crippen LogP contribution in [0.2, 0.25) is 0 Å². The van der Waals surface area contributed by atoms with Gasteiger partial charge in [0.1, 0.15) is 12.1 Å². The van der Waals surface area contributed by atoms with E-state index in [1.165, 1.54) is 12.4 Å². The van der Waals surface area contributed by atoms with Crippen LogP contribution in [0.4, 0.5) is 19.0 Å². The fraction of sp³-hybridized carbons (Fsp3) is 0.280. The van der Waals surface area contributed by atoms with Crippen LogP contribution >= 0.6 is 0 Å². The maximum atomic E-state index is 13.4. The number of hydrogen-bond donors (Lipinski definition) is 0. The van der Waals surface area contributed by atoms with Crippen molar-refractivity contribution in [2.75, 3.05) is 45.4 Å². The van der Waals surface area contributed by atoms with Crippen LogP contribution in [-0.2, 0) is 15.7 Å². The molecule has 0 aliphatic heterocycles. The van der Waals surface area contributed by atoms with Gasteiger partial charge < -0.3 is 18.9 Å². The van der Waals surface area contributed by atoms with Gasteiger partial charge in [0.25, 0.3) is 0 Å². The number of fused-ring (bicyclic) bond motifs is 1. The van der Waals surface area contributed by atoms with Crippen LogP contribution in [0.15, 0.2) is 67.1 Å². The third-order valence-electron chi connectivity index (χ3n) is 5.53. The van der Waals surface area contributed by atoms with Crippen molar-refractivity contribution in [1.29, 1.82) is 0 Å². The van der Waals surface area contributed by atoms with Crippen LogP contribution in [0.25, 0.3) is 27.8 Å². The van der Waals surface area contributed by atoms with Crippen LogP contribution in [-0.4, -0.2) is 55.1 Å². The smallest absolute Gasteiger partial charge is 0.383 e. The molecule has 9 heteroatoms. The highest BCUT2D eigenvalue weighted by Crippen LogP contribution is 2.37. The summed E-state index contributed by atoms with van der Waals surface area (Å²) in [5, 5.41) is 0.748. The normalized spacial score (nSPS) is 11.8. The molecule has 0 unspecified atom stereocenters. The molecule has 0 saturated heterocycles. The second-order valence-electron chi connectivity index (χ2n) is 7.70. The summed E-state index contributed by atoms with van der Waals surface area (Å²) in [6.07, 6.45) is -1.19. The third kappa shape index (κ3) is 4.90. The molecule has 0 radical (unpaired) electrons. The molecular formula is C25H25F3N4O2. The number of methoxy groups -OCH3 is 2. The highest BCUT2D eigenvalue weighted by molar-refractivity contribution is 6.02. The van der Waals surface area contributed by atoms with Crippen LogP contribution < -0.4 is 4.90 Å². The lowest BCUT2D eigenvalue weighted by molar-refractivity contribution is -0.137. The molecule has 4 aromatic rings. The van der Waals surface area contributed by atoms with Crippen LogP contribution in [0, 0.1) is 0 Å². The van der Waals surface area contributed by atoms with Gasteiger partial charge in [-0.25, -0.2) is 9.97 Å². The maximum Gasteiger partial charge on any atom is 0.416 e. The maximum absolute atomic E-state index is 13.4. The van der Waals surface area contributed by atoms with Gasteiger partial charge in [-0.2, -0.15) is 13.2 Å². The lowest BCUT2D eigenvalue weighted by Crippen LogP contribution is -2.31. The van der Waals surface area contributed by atoms with E-state index >= 15 is 0 Å². The number of nitrogens with zero attached hydrogens (tertiary/aromatic N) is 4. The Labute approximate surface area is 195 Å². The predicted molar refractivity (Wildman–Crippen MR) is 125 cm³/mol. The lowest BCUT2D eigenvalue weighted by Gasteiger charge is -2.24. The van der Waals surface area contributed by atoms with Crippen molar-refractivity contribution >= 4 is 16.9 Å². The Morgan fingerprint density at radius 1 is 0.912 bits per heavy atom. The number of ether oxygens (including phenoxy) is 2. The molecule has 0 bridgehead atoms. The van der Waals surface area contributed by atoms with Crippen molar-refractivity contribution in [3.8, 4) is 16.8 Å². The highest BCUT2D eigenvalue weighted by Gasteiger charge is 2.31. The van der Waals surface area contributed by atoms with E-state index in [0.717, 1.165) is 28.6 Å². The second kappa shape index (κ2) is 10.2. The molecule has 0 aliphatic rings. The summed E-state index contributed by atoms with van der Waals surface area (Å²) >= 11 is 0. The fourth-order valence-electron chi connectivity index (χ4n) is 3.88. The Kier molecular flexibility index (Phi) is 7.14. The molecule has 2 heterocycles. The number of halogens is 3. The van der Waals surface area contributed by atoms with Gasteiger partial charge in [-0.1, -0.05) is 36.4 Å². The summed E-state index contributed by atoms with van der Waals surface area (Å²) in [4.78, 5) is 11.1. The molecule has 0 fully saturated rings. The molecule has 0 spiro atoms. The summed E-state index contributed by atoms with van der Waals surface area (Å²) in [6.45, 7) is 2.08. The highest BCUT2D eigenvalue weighted by atomic mass is 19.4. The van der Waals surface area contributed by atoms with Gasteiger partial charge in [-0.3, -0.25) is 0 Å². The van der Waals surface area contributed by atoms with E-state index in [9.17, 15) is 13.2 Å². The van der Waals surface area contributed by atoms with E-state index in [1.807, 2.05) is 41.4 Å². The minimum Gasteiger partial charge on any atom is -0.383 e. The number of hydrogen-bond acceptors (Lipinski definition) is 5. The van der Waals surface area contributed by atoms with E-state index < -0.39 is 11.7 Å². The van der Waals surface area contributed by atoms with E-state index in [2.05, 4.69) is 9.97 Å². The van der Waals surface area contributed by atoms with E-state index in [0.29, 0.717) is 43.5 Å². The predicted octanol–water partition coefficient (Wildman–Crippen LogP) is 5.21. The molecule has 0 atom stereocenters. The first-order valence-corrected chi connectivity index (χ1v) is 10.8. The first-order chi connectivity index (χ1) is 16.4. The summed E-state index contributed by atoms with van der Waals surface area (Å²) in [5.74, 6) is 0.670. The largest absolute Gasteiger partial charge is 0.416 e. The SMILES string of the molecule is COCCN(CCOC)c1ncnc2c1c(-c1ccccc1)cn2-c1cccc(C(F)(F)F)c1. The molecule has 2 aromatic heterocycles. The molecule has 0 saturated carbocycles. The summed E-state index contributed by atoms with van der Waals surface area (Å²) in [6, 6.07) is 14.9. The summed E-state index contributed by atoms with van der Waals surface area (Å²) < 4.78 is 52.5. The number of aromatic nitrogens is 3. The van der Waals surface area contributed by atoms with Gasteiger partial charge in [0, 0.05) is 44.8 Å². The second-order valence-corrected chi connectivity index (χ2v) is 7.70. The molecule has 6 nitrogen and oxygen atoms in total. The Morgan fingerprint density at radius 2 is 1.62 bits per heavy atom. The number of benzene rings is 2.